The molecule has 0 spiro atoms. The number of hydrogen-bond donors (Lipinski definition) is 0. The van der Waals surface area contributed by atoms with E-state index < -0.39 is 12.0 Å². The van der Waals surface area contributed by atoms with Gasteiger partial charge in [0, 0.05) is 10.0 Å². The molecule has 4 aromatic rings. The average molecular weight is 604 g/mol. The molecule has 0 aliphatic carbocycles. The molecule has 0 bridgehead atoms. The van der Waals surface area contributed by atoms with Crippen molar-refractivity contribution in [2.24, 2.45) is 4.99 Å². The Bertz CT molecular complexity index is 1740. The van der Waals surface area contributed by atoms with Crippen molar-refractivity contribution >= 4 is 39.3 Å². The van der Waals surface area contributed by atoms with Gasteiger partial charge in [-0.15, -0.1) is 0 Å². The van der Waals surface area contributed by atoms with Gasteiger partial charge in [-0.1, -0.05) is 87.4 Å². The number of aromatic nitrogens is 1. The molecule has 5 rings (SSSR count). The highest BCUT2D eigenvalue weighted by atomic mass is 79.9. The van der Waals surface area contributed by atoms with Gasteiger partial charge >= 0.3 is 5.97 Å². The Morgan fingerprint density at radius 2 is 1.77 bits per heavy atom. The van der Waals surface area contributed by atoms with E-state index in [1.54, 1.807) is 18.4 Å². The van der Waals surface area contributed by atoms with E-state index in [1.807, 2.05) is 85.8 Å². The number of carbonyl (C=O) groups excluding carboxylic acids is 1. The minimum Gasteiger partial charge on any atom is -0.488 e. The summed E-state index contributed by atoms with van der Waals surface area (Å²) in [4.78, 5) is 32.1. The summed E-state index contributed by atoms with van der Waals surface area (Å²) >= 11 is 4.75. The standard InChI is InChI=1S/C31H27BrN2O4S/c1-4-37-30(36)27-20(3)33-31-34(28(27)22-13-9-19(2)10-14-22)29(35)26(39-31)17-23-7-5-6-8-25(23)38-18-21-11-15-24(32)16-12-21/h5-17,28H,4,18H2,1-3H3/b26-17+/t28-/m1/s1. The largest absolute Gasteiger partial charge is 0.488 e. The van der Waals surface area contributed by atoms with Crippen molar-refractivity contribution in [3.8, 4) is 5.75 Å². The highest BCUT2D eigenvalue weighted by Crippen LogP contribution is 2.31. The van der Waals surface area contributed by atoms with Crippen LogP contribution >= 0.6 is 27.3 Å². The van der Waals surface area contributed by atoms with Gasteiger partial charge in [0.05, 0.1) is 28.5 Å². The molecular formula is C31H27BrN2O4S. The molecule has 1 aliphatic heterocycles. The molecular weight excluding hydrogens is 576 g/mol. The quantitative estimate of drug-likeness (QED) is 0.264. The van der Waals surface area contributed by atoms with Crippen LogP contribution in [0.1, 0.15) is 42.1 Å². The molecule has 3 aromatic carbocycles. The maximum atomic E-state index is 13.9. The van der Waals surface area contributed by atoms with E-state index in [0.29, 0.717) is 33.0 Å². The van der Waals surface area contributed by atoms with Crippen LogP contribution in [-0.4, -0.2) is 17.1 Å². The molecule has 0 saturated carbocycles. The zero-order valence-corrected chi connectivity index (χ0v) is 24.2. The summed E-state index contributed by atoms with van der Waals surface area (Å²) < 4.78 is 14.6. The lowest BCUT2D eigenvalue weighted by atomic mass is 9.95. The Labute approximate surface area is 238 Å². The molecule has 39 heavy (non-hydrogen) atoms. The number of esters is 1. The Hall–Kier alpha value is -3.75. The molecule has 0 N–H and O–H groups in total. The lowest BCUT2D eigenvalue weighted by Crippen LogP contribution is -2.39. The number of fused-ring (bicyclic) bond motifs is 1. The van der Waals surface area contributed by atoms with Crippen LogP contribution in [0.4, 0.5) is 0 Å². The Morgan fingerprint density at radius 1 is 1.05 bits per heavy atom. The summed E-state index contributed by atoms with van der Waals surface area (Å²) in [5, 5.41) is 0. The predicted molar refractivity (Wildman–Crippen MR) is 156 cm³/mol. The fraction of sp³-hybridized carbons (Fsp3) is 0.194. The molecule has 1 aromatic heterocycles. The topological polar surface area (TPSA) is 69.9 Å². The lowest BCUT2D eigenvalue weighted by Gasteiger charge is -2.24. The Balaban J connectivity index is 1.59. The van der Waals surface area contributed by atoms with Crippen molar-refractivity contribution in [2.45, 2.75) is 33.4 Å². The van der Waals surface area contributed by atoms with Gasteiger partial charge in [0.15, 0.2) is 4.80 Å². The van der Waals surface area contributed by atoms with Crippen molar-refractivity contribution in [1.29, 1.82) is 0 Å². The van der Waals surface area contributed by atoms with E-state index in [-0.39, 0.29) is 12.2 Å². The van der Waals surface area contributed by atoms with Gasteiger partial charge in [-0.2, -0.15) is 0 Å². The van der Waals surface area contributed by atoms with Crippen LogP contribution in [0.25, 0.3) is 6.08 Å². The van der Waals surface area contributed by atoms with Crippen molar-refractivity contribution < 1.29 is 14.3 Å². The van der Waals surface area contributed by atoms with E-state index in [1.165, 1.54) is 11.3 Å². The van der Waals surface area contributed by atoms with Crippen molar-refractivity contribution in [3.63, 3.8) is 0 Å². The first-order valence-electron chi connectivity index (χ1n) is 12.6. The molecule has 0 radical (unpaired) electrons. The Morgan fingerprint density at radius 3 is 2.49 bits per heavy atom. The number of rotatable bonds is 7. The molecule has 0 amide bonds. The van der Waals surface area contributed by atoms with Crippen LogP contribution in [0.15, 0.2) is 98.3 Å². The molecule has 1 aliphatic rings. The normalized spacial score (nSPS) is 15.1. The number of nitrogens with zero attached hydrogens (tertiary/aromatic N) is 2. The van der Waals surface area contributed by atoms with Crippen molar-refractivity contribution in [1.82, 2.24) is 4.57 Å². The van der Waals surface area contributed by atoms with Gasteiger partial charge in [0.1, 0.15) is 12.4 Å². The van der Waals surface area contributed by atoms with Crippen molar-refractivity contribution in [2.75, 3.05) is 6.61 Å². The number of thiazole rings is 1. The molecule has 0 fully saturated rings. The number of carbonyl (C=O) groups is 1. The van der Waals surface area contributed by atoms with Crippen LogP contribution in [0.5, 0.6) is 5.75 Å². The number of benzene rings is 3. The van der Waals surface area contributed by atoms with E-state index in [2.05, 4.69) is 20.9 Å². The van der Waals surface area contributed by atoms with E-state index in [4.69, 9.17) is 9.47 Å². The fourth-order valence-corrected chi connectivity index (χ4v) is 5.77. The first-order valence-corrected chi connectivity index (χ1v) is 14.2. The highest BCUT2D eigenvalue weighted by Gasteiger charge is 2.33. The third-order valence-corrected chi connectivity index (χ3v) is 7.93. The number of halogens is 1. The van der Waals surface area contributed by atoms with Crippen LogP contribution in [0.2, 0.25) is 0 Å². The number of hydrogen-bond acceptors (Lipinski definition) is 6. The smallest absolute Gasteiger partial charge is 0.338 e. The van der Waals surface area contributed by atoms with Gasteiger partial charge in [-0.05, 0) is 56.2 Å². The van der Waals surface area contributed by atoms with E-state index in [0.717, 1.165) is 26.7 Å². The number of aryl methyl sites for hydroxylation is 1. The van der Waals surface area contributed by atoms with Gasteiger partial charge in [-0.25, -0.2) is 9.79 Å². The lowest BCUT2D eigenvalue weighted by molar-refractivity contribution is -0.139. The summed E-state index contributed by atoms with van der Waals surface area (Å²) in [6.07, 6.45) is 1.83. The van der Waals surface area contributed by atoms with Crippen LogP contribution in [0.3, 0.4) is 0 Å². The molecule has 0 unspecified atom stereocenters. The summed E-state index contributed by atoms with van der Waals surface area (Å²) in [6.45, 7) is 6.18. The van der Waals surface area contributed by atoms with Crippen LogP contribution in [0, 0.1) is 6.92 Å². The summed E-state index contributed by atoms with van der Waals surface area (Å²) in [6, 6.07) is 22.8. The number of ether oxygens (including phenoxy) is 2. The second-order valence-corrected chi connectivity index (χ2v) is 11.1. The van der Waals surface area contributed by atoms with Gasteiger partial charge in [0.2, 0.25) is 0 Å². The molecule has 1 atom stereocenters. The first-order chi connectivity index (χ1) is 18.9. The monoisotopic (exact) mass is 602 g/mol. The second kappa shape index (κ2) is 11.6. The maximum absolute atomic E-state index is 13.9. The van der Waals surface area contributed by atoms with Crippen molar-refractivity contribution in [3.05, 3.63) is 130 Å². The minimum atomic E-state index is -0.632. The van der Waals surface area contributed by atoms with Crippen LogP contribution < -0.4 is 19.6 Å². The van der Waals surface area contributed by atoms with Gasteiger partial charge in [0.25, 0.3) is 5.56 Å². The van der Waals surface area contributed by atoms with Gasteiger partial charge < -0.3 is 9.47 Å². The van der Waals surface area contributed by atoms with E-state index in [9.17, 15) is 9.59 Å². The first kappa shape index (κ1) is 26.8. The predicted octanol–water partition coefficient (Wildman–Crippen LogP) is 5.45. The highest BCUT2D eigenvalue weighted by molar-refractivity contribution is 9.10. The zero-order valence-electron chi connectivity index (χ0n) is 21.8. The van der Waals surface area contributed by atoms with Gasteiger partial charge in [-0.3, -0.25) is 9.36 Å². The summed E-state index contributed by atoms with van der Waals surface area (Å²) in [7, 11) is 0. The summed E-state index contributed by atoms with van der Waals surface area (Å²) in [5.74, 6) is 0.204. The SMILES string of the molecule is CCOC(=O)C1=C(C)N=c2s/c(=C/c3ccccc3OCc3ccc(Br)cc3)c(=O)n2[C@@H]1c1ccc(C)cc1. The zero-order chi connectivity index (χ0) is 27.5. The summed E-state index contributed by atoms with van der Waals surface area (Å²) in [5.41, 5.74) is 4.43. The second-order valence-electron chi connectivity index (χ2n) is 9.17. The fourth-order valence-electron chi connectivity index (χ4n) is 4.47. The molecule has 6 nitrogen and oxygen atoms in total. The minimum absolute atomic E-state index is 0.221. The third-order valence-electron chi connectivity index (χ3n) is 6.42. The maximum Gasteiger partial charge on any atom is 0.338 e. The van der Waals surface area contributed by atoms with E-state index >= 15 is 0 Å². The van der Waals surface area contributed by atoms with Crippen LogP contribution in [-0.2, 0) is 16.1 Å². The third kappa shape index (κ3) is 5.67. The molecule has 0 saturated heterocycles. The Kier molecular flexibility index (Phi) is 7.95. The molecule has 8 heteroatoms. The number of para-hydroxylation sites is 1. The molecule has 198 valence electrons. The number of allylic oxidation sites excluding steroid dienone is 1. The average Bonchev–Trinajstić information content (AvgIpc) is 3.23. The molecule has 2 heterocycles.